The quantitative estimate of drug-likeness (QED) is 0.651. The fraction of sp³-hybridized carbons (Fsp3) is 0.111. The van der Waals surface area contributed by atoms with Crippen LogP contribution in [0.4, 0.5) is 4.39 Å². The summed E-state index contributed by atoms with van der Waals surface area (Å²) in [6, 6.07) is 9.86. The van der Waals surface area contributed by atoms with Gasteiger partial charge in [-0.3, -0.25) is 0 Å². The summed E-state index contributed by atoms with van der Waals surface area (Å²) in [5.74, 6) is 1.11. The smallest absolute Gasteiger partial charge is 0.161 e. The van der Waals surface area contributed by atoms with E-state index in [0.717, 1.165) is 10.0 Å². The highest BCUT2D eigenvalue weighted by Gasteiger charge is 2.12. The third kappa shape index (κ3) is 3.35. The second-order valence-electron chi connectivity index (χ2n) is 5.15. The molecule has 0 spiro atoms. The van der Waals surface area contributed by atoms with Gasteiger partial charge in [-0.15, -0.1) is 0 Å². The first-order valence-electron chi connectivity index (χ1n) is 7.24. The summed E-state index contributed by atoms with van der Waals surface area (Å²) in [7, 11) is 3.09. The van der Waals surface area contributed by atoms with Gasteiger partial charge in [-0.25, -0.2) is 9.37 Å². The molecular formula is C18H13BrFN3O2. The van der Waals surface area contributed by atoms with Crippen LogP contribution in [-0.2, 0) is 0 Å². The van der Waals surface area contributed by atoms with Crippen molar-refractivity contribution in [1.29, 1.82) is 5.26 Å². The third-order valence-electron chi connectivity index (χ3n) is 3.62. The number of aromatic nitrogens is 2. The van der Waals surface area contributed by atoms with Gasteiger partial charge in [0.15, 0.2) is 11.5 Å². The molecule has 2 aromatic carbocycles. The fourth-order valence-electron chi connectivity index (χ4n) is 2.40. The number of hydrogen-bond acceptors (Lipinski definition) is 4. The zero-order valence-corrected chi connectivity index (χ0v) is 15.0. The maximum absolute atomic E-state index is 13.3. The molecule has 1 N–H and O–H groups in total. The number of ether oxygens (including phenoxy) is 2. The van der Waals surface area contributed by atoms with Crippen molar-refractivity contribution < 1.29 is 13.9 Å². The predicted octanol–water partition coefficient (Wildman–Crippen LogP) is 4.55. The van der Waals surface area contributed by atoms with Crippen molar-refractivity contribution in [3.63, 3.8) is 0 Å². The largest absolute Gasteiger partial charge is 0.493 e. The van der Waals surface area contributed by atoms with Crippen LogP contribution in [0.1, 0.15) is 11.4 Å². The molecule has 0 fully saturated rings. The number of fused-ring (bicyclic) bond motifs is 1. The van der Waals surface area contributed by atoms with Crippen molar-refractivity contribution in [2.75, 3.05) is 14.2 Å². The van der Waals surface area contributed by atoms with Crippen molar-refractivity contribution in [2.24, 2.45) is 0 Å². The topological polar surface area (TPSA) is 70.9 Å². The molecule has 0 atom stereocenters. The van der Waals surface area contributed by atoms with Crippen LogP contribution >= 0.6 is 15.9 Å². The second kappa shape index (κ2) is 6.95. The number of H-pyrrole nitrogens is 1. The standard InChI is InChI=1S/C18H13BrFN3O2/c1-24-16-6-10(13(19)8-17(16)25-2)5-11(9-21)18-22-14-4-3-12(20)7-15(14)23-18/h3-8H,1-2H3,(H,22,23)/b11-5-. The summed E-state index contributed by atoms with van der Waals surface area (Å²) in [5, 5.41) is 9.52. The van der Waals surface area contributed by atoms with Crippen LogP contribution in [0.3, 0.4) is 0 Å². The Balaban J connectivity index is 2.09. The van der Waals surface area contributed by atoms with E-state index in [2.05, 4.69) is 32.0 Å². The molecule has 3 rings (SSSR count). The van der Waals surface area contributed by atoms with Gasteiger partial charge in [-0.05, 0) is 42.0 Å². The SMILES string of the molecule is COc1cc(Br)c(/C=C(/C#N)c2nc3ccc(F)cc3[nH]2)cc1OC. The maximum Gasteiger partial charge on any atom is 0.161 e. The lowest BCUT2D eigenvalue weighted by molar-refractivity contribution is 0.354. The van der Waals surface area contributed by atoms with Gasteiger partial charge in [0.05, 0.1) is 30.8 Å². The van der Waals surface area contributed by atoms with E-state index in [1.165, 1.54) is 19.2 Å². The van der Waals surface area contributed by atoms with E-state index in [0.29, 0.717) is 33.9 Å². The first-order valence-corrected chi connectivity index (χ1v) is 8.04. The average Bonchev–Trinajstić information content (AvgIpc) is 3.03. The normalized spacial score (nSPS) is 11.4. The number of nitrogens with zero attached hydrogens (tertiary/aromatic N) is 2. The summed E-state index contributed by atoms with van der Waals surface area (Å²) in [5.41, 5.74) is 2.15. The van der Waals surface area contributed by atoms with Crippen LogP contribution in [0.15, 0.2) is 34.8 Å². The molecule has 0 bridgehead atoms. The first kappa shape index (κ1) is 17.0. The van der Waals surface area contributed by atoms with Gasteiger partial charge in [0, 0.05) is 4.47 Å². The molecule has 0 saturated heterocycles. The molecule has 0 radical (unpaired) electrons. The van der Waals surface area contributed by atoms with Crippen molar-refractivity contribution in [3.8, 4) is 17.6 Å². The molecule has 0 aliphatic carbocycles. The highest BCUT2D eigenvalue weighted by Crippen LogP contribution is 2.35. The van der Waals surface area contributed by atoms with Gasteiger partial charge in [-0.2, -0.15) is 5.26 Å². The Labute approximate surface area is 151 Å². The Hall–Kier alpha value is -2.85. The molecular weight excluding hydrogens is 389 g/mol. The zero-order valence-electron chi connectivity index (χ0n) is 13.4. The summed E-state index contributed by atoms with van der Waals surface area (Å²) < 4.78 is 24.6. The average molecular weight is 402 g/mol. The number of halogens is 2. The fourth-order valence-corrected chi connectivity index (χ4v) is 2.84. The van der Waals surface area contributed by atoms with E-state index in [1.807, 2.05) is 0 Å². The summed E-state index contributed by atoms with van der Waals surface area (Å²) >= 11 is 3.46. The number of nitrogens with one attached hydrogen (secondary N) is 1. The van der Waals surface area contributed by atoms with Gasteiger partial charge in [0.1, 0.15) is 17.7 Å². The zero-order chi connectivity index (χ0) is 18.0. The van der Waals surface area contributed by atoms with Crippen LogP contribution in [-0.4, -0.2) is 24.2 Å². The molecule has 0 unspecified atom stereocenters. The van der Waals surface area contributed by atoms with E-state index >= 15 is 0 Å². The minimum absolute atomic E-state index is 0.310. The van der Waals surface area contributed by atoms with Crippen LogP contribution in [0, 0.1) is 17.1 Å². The van der Waals surface area contributed by atoms with Gasteiger partial charge in [0.2, 0.25) is 0 Å². The Morgan fingerprint density at radius 1 is 1.24 bits per heavy atom. The van der Waals surface area contributed by atoms with Crippen molar-refractivity contribution >= 4 is 38.6 Å². The molecule has 0 amide bonds. The summed E-state index contributed by atoms with van der Waals surface area (Å²) in [6.45, 7) is 0. The number of aromatic amines is 1. The van der Waals surface area contributed by atoms with E-state index in [-0.39, 0.29) is 5.82 Å². The minimum atomic E-state index is -0.368. The molecule has 1 aromatic heterocycles. The number of allylic oxidation sites excluding steroid dienone is 1. The van der Waals surface area contributed by atoms with Crippen LogP contribution in [0.2, 0.25) is 0 Å². The third-order valence-corrected chi connectivity index (χ3v) is 4.31. The predicted molar refractivity (Wildman–Crippen MR) is 96.8 cm³/mol. The Morgan fingerprint density at radius 2 is 1.96 bits per heavy atom. The molecule has 3 aromatic rings. The lowest BCUT2D eigenvalue weighted by Gasteiger charge is -2.10. The van der Waals surface area contributed by atoms with Gasteiger partial charge >= 0.3 is 0 Å². The summed E-state index contributed by atoms with van der Waals surface area (Å²) in [6.07, 6.45) is 1.67. The van der Waals surface area contributed by atoms with Crippen molar-refractivity contribution in [3.05, 3.63) is 52.0 Å². The minimum Gasteiger partial charge on any atom is -0.493 e. The van der Waals surface area contributed by atoms with Crippen LogP contribution < -0.4 is 9.47 Å². The van der Waals surface area contributed by atoms with E-state index in [9.17, 15) is 9.65 Å². The number of imidazole rings is 1. The van der Waals surface area contributed by atoms with Gasteiger partial charge < -0.3 is 14.5 Å². The molecule has 0 aliphatic rings. The Morgan fingerprint density at radius 3 is 2.64 bits per heavy atom. The lowest BCUT2D eigenvalue weighted by Crippen LogP contribution is -1.92. The molecule has 0 saturated carbocycles. The van der Waals surface area contributed by atoms with E-state index < -0.39 is 0 Å². The molecule has 1 heterocycles. The van der Waals surface area contributed by atoms with Crippen molar-refractivity contribution in [1.82, 2.24) is 9.97 Å². The number of nitriles is 1. The monoisotopic (exact) mass is 401 g/mol. The highest BCUT2D eigenvalue weighted by atomic mass is 79.9. The molecule has 7 heteroatoms. The van der Waals surface area contributed by atoms with Gasteiger partial charge in [0.25, 0.3) is 0 Å². The van der Waals surface area contributed by atoms with E-state index in [1.54, 1.807) is 31.4 Å². The number of hydrogen-bond donors (Lipinski definition) is 1. The molecule has 5 nitrogen and oxygen atoms in total. The van der Waals surface area contributed by atoms with Crippen LogP contribution in [0.5, 0.6) is 11.5 Å². The van der Waals surface area contributed by atoms with Crippen LogP contribution in [0.25, 0.3) is 22.7 Å². The first-order chi connectivity index (χ1) is 12.0. The van der Waals surface area contributed by atoms with Gasteiger partial charge in [-0.1, -0.05) is 15.9 Å². The number of methoxy groups -OCH3 is 2. The Bertz CT molecular complexity index is 1020. The Kier molecular flexibility index (Phi) is 4.72. The van der Waals surface area contributed by atoms with E-state index in [4.69, 9.17) is 9.47 Å². The lowest BCUT2D eigenvalue weighted by atomic mass is 10.1. The molecule has 0 aliphatic heterocycles. The molecule has 25 heavy (non-hydrogen) atoms. The molecule has 126 valence electrons. The second-order valence-corrected chi connectivity index (χ2v) is 6.00. The maximum atomic E-state index is 13.3. The number of rotatable bonds is 4. The highest BCUT2D eigenvalue weighted by molar-refractivity contribution is 9.10. The van der Waals surface area contributed by atoms with Crippen molar-refractivity contribution in [2.45, 2.75) is 0 Å². The number of benzene rings is 2. The summed E-state index contributed by atoms with van der Waals surface area (Å²) in [4.78, 5) is 7.31.